The zero-order valence-corrected chi connectivity index (χ0v) is 51.3. The Kier molecular flexibility index (Phi) is 11.8. The lowest BCUT2D eigenvalue weighted by Gasteiger charge is -2.40. The molecule has 0 amide bonds. The first-order valence-electron chi connectivity index (χ1n) is 31.5. The molecule has 1 unspecified atom stereocenters. The largest absolute Gasteiger partial charge is 0.455 e. The van der Waals surface area contributed by atoms with Crippen molar-refractivity contribution in [1.29, 1.82) is 0 Å². The molecule has 2 aliphatic heterocycles. The monoisotopic (exact) mass is 1150 g/mol. The molecule has 4 heterocycles. The van der Waals surface area contributed by atoms with E-state index in [1.165, 1.54) is 43.8 Å². The second-order valence-electron chi connectivity index (χ2n) is 26.5. The summed E-state index contributed by atoms with van der Waals surface area (Å²) in [5, 5.41) is 10.9. The lowest BCUT2D eigenvalue weighted by Crippen LogP contribution is -2.45. The van der Waals surface area contributed by atoms with Gasteiger partial charge in [0.1, 0.15) is 16.7 Å². The number of anilines is 5. The van der Waals surface area contributed by atoms with E-state index >= 15 is 0 Å². The summed E-state index contributed by atoms with van der Waals surface area (Å²) in [7, 11) is 0. The highest BCUT2D eigenvalue weighted by molar-refractivity contribution is 6.40. The second kappa shape index (κ2) is 19.8. The Morgan fingerprint density at radius 2 is 1.22 bits per heavy atom. The number of para-hydroxylation sites is 3. The topological polar surface area (TPSA) is 36.0 Å². The van der Waals surface area contributed by atoms with Crippen LogP contribution in [0.25, 0.3) is 111 Å². The molecular formula is C84H67N3O2. The van der Waals surface area contributed by atoms with Crippen LogP contribution in [-0.2, 0) is 10.8 Å². The highest BCUT2D eigenvalue weighted by Gasteiger charge is 2.41. The minimum absolute atomic E-state index is 0.201. The number of hydrogen-bond donors (Lipinski definition) is 0. The van der Waals surface area contributed by atoms with Crippen LogP contribution in [0.2, 0.25) is 0 Å². The maximum Gasteiger partial charge on any atom is 0.159 e. The summed E-state index contributed by atoms with van der Waals surface area (Å²) in [5.74, 6) is 0.360. The lowest BCUT2D eigenvalue weighted by atomic mass is 9.81. The van der Waals surface area contributed by atoms with Crippen molar-refractivity contribution in [3.63, 3.8) is 0 Å². The fourth-order valence-electron chi connectivity index (χ4n) is 15.4. The van der Waals surface area contributed by atoms with Crippen LogP contribution in [-0.4, -0.2) is 12.6 Å². The molecule has 5 heteroatoms. The van der Waals surface area contributed by atoms with E-state index in [9.17, 15) is 0 Å². The number of furan rings is 2. The van der Waals surface area contributed by atoms with Crippen molar-refractivity contribution in [3.8, 4) is 33.4 Å². The standard InChI is InChI=1S/C84H67N3O2/c1-51(2)54-43-44-55-50-86(69-40-21-19-34-58(69)62(55)47-54)77-66-48-63(52-27-12-8-13-28-52)72-60-37-26-42-71(85-45-22-11-23-46-85)80(60)89-82(72)75(66)73-65(49-64(53-29-14-9-15-30-53)81-74(73)61-36-24-39-68(79(61)88-81)83(3,4)5)78(77)87(56-31-16-10-17-32-56)70-41-25-35-59-57-33-18-20-38-67(57)84(6,7)76(59)70/h8-45,47-51,69H,46H2,1-7H3. The SMILES string of the molecule is CC(C)c1ccc2c(c1)=C1C=CC=CC1N(c1c(N(c3ccccc3)c3cccc4c3C(C)(C)c3ccccc3-4)c3cc(-c4ccccc4)c4oc5c(C(C)(C)C)cccc5c4c3c3c1cc(-c1ccccc1)c1c4cccc(N5C=CC=CC5)c4oc13)C=2. The highest BCUT2D eigenvalue weighted by atomic mass is 16.3. The van der Waals surface area contributed by atoms with E-state index in [-0.39, 0.29) is 16.9 Å². The van der Waals surface area contributed by atoms with Crippen LogP contribution in [0.5, 0.6) is 0 Å². The van der Waals surface area contributed by atoms with E-state index in [4.69, 9.17) is 8.83 Å². The maximum atomic E-state index is 7.98. The van der Waals surface area contributed by atoms with Crippen molar-refractivity contribution < 1.29 is 8.83 Å². The molecule has 0 N–H and O–H groups in total. The van der Waals surface area contributed by atoms with Gasteiger partial charge in [0, 0.05) is 84.3 Å². The van der Waals surface area contributed by atoms with E-state index in [0.29, 0.717) is 5.92 Å². The number of fused-ring (bicyclic) bond motifs is 16. The van der Waals surface area contributed by atoms with Gasteiger partial charge in [-0.25, -0.2) is 0 Å². The predicted molar refractivity (Wildman–Crippen MR) is 376 cm³/mol. The molecule has 5 nitrogen and oxygen atoms in total. The van der Waals surface area contributed by atoms with Crippen LogP contribution in [0.15, 0.2) is 258 Å². The Morgan fingerprint density at radius 3 is 1.98 bits per heavy atom. The molecule has 13 aromatic rings. The molecule has 0 saturated carbocycles. The van der Waals surface area contributed by atoms with Crippen molar-refractivity contribution in [2.75, 3.05) is 21.2 Å². The summed E-state index contributed by atoms with van der Waals surface area (Å²) in [6.07, 6.45) is 20.3. The van der Waals surface area contributed by atoms with Gasteiger partial charge in [-0.05, 0) is 114 Å². The Hall–Kier alpha value is -10.4. The Bertz CT molecular complexity index is 5400. The molecule has 4 aliphatic rings. The van der Waals surface area contributed by atoms with Crippen molar-refractivity contribution >= 4 is 106 Å². The fourth-order valence-corrected chi connectivity index (χ4v) is 15.4. The maximum absolute atomic E-state index is 7.98. The van der Waals surface area contributed by atoms with Gasteiger partial charge in [-0.15, -0.1) is 0 Å². The normalized spacial score (nSPS) is 15.7. The van der Waals surface area contributed by atoms with Crippen LogP contribution >= 0.6 is 0 Å². The lowest BCUT2D eigenvalue weighted by molar-refractivity contribution is 0.573. The van der Waals surface area contributed by atoms with E-state index in [1.54, 1.807) is 0 Å². The third-order valence-electron chi connectivity index (χ3n) is 19.5. The van der Waals surface area contributed by atoms with Crippen molar-refractivity contribution in [3.05, 3.63) is 282 Å². The molecule has 2 aromatic heterocycles. The zero-order valence-electron chi connectivity index (χ0n) is 51.3. The summed E-state index contributed by atoms with van der Waals surface area (Å²) in [4.78, 5) is 7.57. The van der Waals surface area contributed by atoms with Crippen molar-refractivity contribution in [2.45, 2.75) is 71.3 Å². The predicted octanol–water partition coefficient (Wildman–Crippen LogP) is 21.1. The Balaban J connectivity index is 1.17. The summed E-state index contributed by atoms with van der Waals surface area (Å²) in [6.45, 7) is 17.0. The molecule has 0 bridgehead atoms. The minimum atomic E-state index is -0.380. The zero-order chi connectivity index (χ0) is 60.0. The van der Waals surface area contributed by atoms with Crippen LogP contribution in [0, 0.1) is 0 Å². The van der Waals surface area contributed by atoms with Crippen LogP contribution in [0.3, 0.4) is 0 Å². The number of hydrogen-bond acceptors (Lipinski definition) is 5. The number of benzene rings is 11. The molecule has 17 rings (SSSR count). The van der Waals surface area contributed by atoms with Gasteiger partial charge in [-0.1, -0.05) is 249 Å². The van der Waals surface area contributed by atoms with Crippen LogP contribution < -0.4 is 25.1 Å². The van der Waals surface area contributed by atoms with Crippen molar-refractivity contribution in [2.24, 2.45) is 0 Å². The van der Waals surface area contributed by atoms with Gasteiger partial charge in [-0.2, -0.15) is 0 Å². The van der Waals surface area contributed by atoms with E-state index in [2.05, 4.69) is 318 Å². The number of nitrogens with zero attached hydrogens (tertiary/aromatic N) is 3. The van der Waals surface area contributed by atoms with E-state index in [0.717, 1.165) is 128 Å². The molecule has 0 saturated heterocycles. The third-order valence-corrected chi connectivity index (χ3v) is 19.5. The molecule has 430 valence electrons. The quantitative estimate of drug-likeness (QED) is 0.142. The number of allylic oxidation sites excluding steroid dienone is 4. The van der Waals surface area contributed by atoms with E-state index in [1.807, 2.05) is 0 Å². The summed E-state index contributed by atoms with van der Waals surface area (Å²) < 4.78 is 15.7. The van der Waals surface area contributed by atoms with E-state index < -0.39 is 0 Å². The van der Waals surface area contributed by atoms with Gasteiger partial charge >= 0.3 is 0 Å². The molecule has 0 fully saturated rings. The Morgan fingerprint density at radius 1 is 0.551 bits per heavy atom. The third kappa shape index (κ3) is 7.93. The first-order chi connectivity index (χ1) is 43.4. The van der Waals surface area contributed by atoms with Gasteiger partial charge in [0.15, 0.2) is 5.58 Å². The van der Waals surface area contributed by atoms with Crippen LogP contribution in [0.1, 0.15) is 76.6 Å². The highest BCUT2D eigenvalue weighted by Crippen LogP contribution is 2.61. The summed E-state index contributed by atoms with van der Waals surface area (Å²) in [5.41, 5.74) is 21.3. The summed E-state index contributed by atoms with van der Waals surface area (Å²) in [6, 6.07) is 74.5. The molecule has 1 atom stereocenters. The second-order valence-corrected chi connectivity index (χ2v) is 26.5. The van der Waals surface area contributed by atoms with Crippen LogP contribution in [0.4, 0.5) is 28.4 Å². The molecule has 89 heavy (non-hydrogen) atoms. The number of rotatable bonds is 8. The molecular weight excluding hydrogens is 1080 g/mol. The first kappa shape index (κ1) is 52.9. The van der Waals surface area contributed by atoms with Gasteiger partial charge in [-0.3, -0.25) is 0 Å². The summed E-state index contributed by atoms with van der Waals surface area (Å²) >= 11 is 0. The fraction of sp³-hybridized carbons (Fsp3) is 0.143. The average molecular weight is 1150 g/mol. The molecule has 2 aliphatic carbocycles. The van der Waals surface area contributed by atoms with Crippen molar-refractivity contribution in [1.82, 2.24) is 0 Å². The van der Waals surface area contributed by atoms with Gasteiger partial charge in [0.25, 0.3) is 0 Å². The first-order valence-corrected chi connectivity index (χ1v) is 31.5. The minimum Gasteiger partial charge on any atom is -0.455 e. The van der Waals surface area contributed by atoms with Gasteiger partial charge in [0.05, 0.1) is 28.8 Å². The van der Waals surface area contributed by atoms with Gasteiger partial charge < -0.3 is 23.5 Å². The Labute approximate surface area is 519 Å². The molecule has 11 aromatic carbocycles. The van der Waals surface area contributed by atoms with Gasteiger partial charge in [0.2, 0.25) is 0 Å². The molecule has 0 radical (unpaired) electrons. The average Bonchev–Trinajstić information content (AvgIpc) is 1.72. The smallest absolute Gasteiger partial charge is 0.159 e. The molecule has 0 spiro atoms.